The van der Waals surface area contributed by atoms with Gasteiger partial charge in [0.1, 0.15) is 0 Å². The van der Waals surface area contributed by atoms with E-state index < -0.39 is 6.04 Å². The summed E-state index contributed by atoms with van der Waals surface area (Å²) < 4.78 is 0. The number of carbonyl (C=O) groups excluding carboxylic acids is 3. The van der Waals surface area contributed by atoms with Crippen LogP contribution in [-0.2, 0) is 14.4 Å². The zero-order valence-electron chi connectivity index (χ0n) is 21.5. The van der Waals surface area contributed by atoms with Gasteiger partial charge in [-0.3, -0.25) is 14.4 Å². The summed E-state index contributed by atoms with van der Waals surface area (Å²) >= 11 is 0. The van der Waals surface area contributed by atoms with E-state index in [0.717, 1.165) is 38.5 Å². The maximum absolute atomic E-state index is 12.8. The Labute approximate surface area is 207 Å². The van der Waals surface area contributed by atoms with Crippen molar-refractivity contribution in [1.82, 2.24) is 15.5 Å². The van der Waals surface area contributed by atoms with Crippen LogP contribution in [0.25, 0.3) is 0 Å². The van der Waals surface area contributed by atoms with Crippen molar-refractivity contribution in [3.05, 3.63) is 24.3 Å². The smallest absolute Gasteiger partial charge is 0.239 e. The van der Waals surface area contributed by atoms with Crippen LogP contribution >= 0.6 is 0 Å². The van der Waals surface area contributed by atoms with E-state index in [0.29, 0.717) is 64.8 Å². The van der Waals surface area contributed by atoms with E-state index in [1.165, 1.54) is 0 Å². The van der Waals surface area contributed by atoms with Crippen molar-refractivity contribution in [2.75, 3.05) is 32.7 Å². The number of amides is 3. The third-order valence-electron chi connectivity index (χ3n) is 5.33. The van der Waals surface area contributed by atoms with Crippen LogP contribution in [-0.4, -0.2) is 61.4 Å². The number of hydrogen-bond donors (Lipinski definition) is 4. The first kappa shape index (κ1) is 31.8. The number of allylic oxidation sites excluding steroid dienone is 4. The molecule has 1 unspecified atom stereocenters. The highest BCUT2D eigenvalue weighted by Crippen LogP contribution is 2.04. The lowest BCUT2D eigenvalue weighted by Crippen LogP contribution is -2.45. The summed E-state index contributed by atoms with van der Waals surface area (Å²) in [6.45, 7) is 6.89. The molecule has 0 heterocycles. The van der Waals surface area contributed by atoms with E-state index >= 15 is 0 Å². The van der Waals surface area contributed by atoms with Gasteiger partial charge in [-0.25, -0.2) is 0 Å². The molecule has 0 bridgehead atoms. The minimum atomic E-state index is -0.556. The van der Waals surface area contributed by atoms with E-state index in [1.54, 1.807) is 4.90 Å². The highest BCUT2D eigenvalue weighted by Gasteiger charge is 2.20. The van der Waals surface area contributed by atoms with Gasteiger partial charge < -0.3 is 27.0 Å². The molecule has 0 aromatic rings. The second-order valence-corrected chi connectivity index (χ2v) is 8.46. The molecule has 0 aliphatic carbocycles. The molecule has 0 spiro atoms. The number of carbonyl (C=O) groups is 3. The summed E-state index contributed by atoms with van der Waals surface area (Å²) in [6.07, 6.45) is 16.1. The van der Waals surface area contributed by atoms with Crippen molar-refractivity contribution in [2.24, 2.45) is 11.5 Å². The summed E-state index contributed by atoms with van der Waals surface area (Å²) in [4.78, 5) is 38.4. The molecule has 0 aromatic carbocycles. The van der Waals surface area contributed by atoms with Crippen molar-refractivity contribution < 1.29 is 14.4 Å². The van der Waals surface area contributed by atoms with Crippen molar-refractivity contribution in [1.29, 1.82) is 0 Å². The first-order chi connectivity index (χ1) is 16.5. The van der Waals surface area contributed by atoms with Crippen molar-refractivity contribution in [2.45, 2.75) is 90.5 Å². The van der Waals surface area contributed by atoms with E-state index in [1.807, 2.05) is 12.2 Å². The van der Waals surface area contributed by atoms with E-state index in [-0.39, 0.29) is 17.7 Å². The molecule has 8 heteroatoms. The molecule has 0 aliphatic rings. The number of rotatable bonds is 21. The van der Waals surface area contributed by atoms with Crippen molar-refractivity contribution >= 4 is 17.7 Å². The van der Waals surface area contributed by atoms with Crippen LogP contribution in [0, 0.1) is 0 Å². The van der Waals surface area contributed by atoms with Gasteiger partial charge in [0.05, 0.1) is 6.04 Å². The van der Waals surface area contributed by atoms with Gasteiger partial charge in [-0.2, -0.15) is 0 Å². The Balaban J connectivity index is 4.37. The van der Waals surface area contributed by atoms with E-state index in [4.69, 9.17) is 11.5 Å². The van der Waals surface area contributed by atoms with E-state index in [2.05, 4.69) is 36.6 Å². The van der Waals surface area contributed by atoms with Crippen molar-refractivity contribution in [3.8, 4) is 0 Å². The van der Waals surface area contributed by atoms with Crippen LogP contribution in [0.15, 0.2) is 24.3 Å². The quantitative estimate of drug-likeness (QED) is 0.149. The van der Waals surface area contributed by atoms with E-state index in [9.17, 15) is 14.4 Å². The molecule has 6 N–H and O–H groups in total. The molecule has 3 amide bonds. The molecule has 0 saturated heterocycles. The SMILES string of the molecule is CCC=CCCC(=O)NCCCCN(CCCNC(=O)CCC=CCC)C(=O)C(N)CCCN. The third kappa shape index (κ3) is 18.3. The minimum Gasteiger partial charge on any atom is -0.356 e. The fraction of sp³-hybridized carbons (Fsp3) is 0.731. The normalized spacial score (nSPS) is 12.2. The molecule has 8 nitrogen and oxygen atoms in total. The van der Waals surface area contributed by atoms with Crippen LogP contribution in [0.2, 0.25) is 0 Å². The lowest BCUT2D eigenvalue weighted by Gasteiger charge is -2.26. The lowest BCUT2D eigenvalue weighted by molar-refractivity contribution is -0.133. The predicted molar refractivity (Wildman–Crippen MR) is 140 cm³/mol. The Morgan fingerprint density at radius 1 is 0.794 bits per heavy atom. The standard InChI is InChI=1S/C26H49N5O3/c1-3-5-7-9-16-24(32)29-19-11-12-21-31(26(34)23(28)15-13-18-27)22-14-20-30-25(33)17-10-8-6-4-2/h5-8,23H,3-4,9-22,27-28H2,1-2H3,(H,29,32)(H,30,33). The molecule has 196 valence electrons. The van der Waals surface area contributed by atoms with Gasteiger partial charge in [0.2, 0.25) is 17.7 Å². The van der Waals surface area contributed by atoms with Gasteiger partial charge >= 0.3 is 0 Å². The molecule has 0 fully saturated rings. The molecule has 0 aromatic heterocycles. The first-order valence-corrected chi connectivity index (χ1v) is 13.0. The van der Waals surface area contributed by atoms with Crippen LogP contribution in [0.4, 0.5) is 0 Å². The summed E-state index contributed by atoms with van der Waals surface area (Å²) in [5.74, 6) is 0.00819. The number of hydrogen-bond acceptors (Lipinski definition) is 5. The van der Waals surface area contributed by atoms with Crippen LogP contribution < -0.4 is 22.1 Å². The third-order valence-corrected chi connectivity index (χ3v) is 5.33. The summed E-state index contributed by atoms with van der Waals surface area (Å²) in [7, 11) is 0. The Kier molecular flexibility index (Phi) is 21.1. The summed E-state index contributed by atoms with van der Waals surface area (Å²) in [5.41, 5.74) is 11.6. The number of unbranched alkanes of at least 4 members (excludes halogenated alkanes) is 1. The summed E-state index contributed by atoms with van der Waals surface area (Å²) in [6, 6.07) is -0.556. The minimum absolute atomic E-state index is 0.0270. The number of nitrogens with two attached hydrogens (primary N) is 2. The number of nitrogens with one attached hydrogen (secondary N) is 2. The van der Waals surface area contributed by atoms with Crippen molar-refractivity contribution in [3.63, 3.8) is 0 Å². The molecule has 0 rings (SSSR count). The Bertz CT molecular complexity index is 607. The van der Waals surface area contributed by atoms with Crippen LogP contribution in [0.3, 0.4) is 0 Å². The molecule has 0 aliphatic heterocycles. The van der Waals surface area contributed by atoms with Gasteiger partial charge in [0.15, 0.2) is 0 Å². The second kappa shape index (κ2) is 22.6. The zero-order chi connectivity index (χ0) is 25.4. The van der Waals surface area contributed by atoms with Crippen LogP contribution in [0.5, 0.6) is 0 Å². The highest BCUT2D eigenvalue weighted by atomic mass is 16.2. The zero-order valence-corrected chi connectivity index (χ0v) is 21.5. The monoisotopic (exact) mass is 479 g/mol. The molecule has 1 atom stereocenters. The molecule has 0 saturated carbocycles. The van der Waals surface area contributed by atoms with Gasteiger partial charge in [-0.1, -0.05) is 38.2 Å². The molecular formula is C26H49N5O3. The Hall–Kier alpha value is -2.19. The van der Waals surface area contributed by atoms with Gasteiger partial charge in [0.25, 0.3) is 0 Å². The molecule has 34 heavy (non-hydrogen) atoms. The Morgan fingerprint density at radius 2 is 1.32 bits per heavy atom. The van der Waals surface area contributed by atoms with Gasteiger partial charge in [-0.15, -0.1) is 0 Å². The molecular weight excluding hydrogens is 430 g/mol. The lowest BCUT2D eigenvalue weighted by atomic mass is 10.1. The first-order valence-electron chi connectivity index (χ1n) is 13.0. The maximum atomic E-state index is 12.8. The highest BCUT2D eigenvalue weighted by molar-refractivity contribution is 5.81. The topological polar surface area (TPSA) is 131 Å². The summed E-state index contributed by atoms with van der Waals surface area (Å²) in [5, 5.41) is 5.86. The fourth-order valence-corrected chi connectivity index (χ4v) is 3.36. The molecule has 0 radical (unpaired) electrons. The second-order valence-electron chi connectivity index (χ2n) is 8.46. The predicted octanol–water partition coefficient (Wildman–Crippen LogP) is 2.78. The van der Waals surface area contributed by atoms with Gasteiger partial charge in [0, 0.05) is 39.0 Å². The fourth-order valence-electron chi connectivity index (χ4n) is 3.36. The average molecular weight is 480 g/mol. The van der Waals surface area contributed by atoms with Crippen LogP contribution in [0.1, 0.15) is 84.5 Å². The van der Waals surface area contributed by atoms with Gasteiger partial charge in [-0.05, 0) is 64.3 Å². The largest absolute Gasteiger partial charge is 0.356 e. The maximum Gasteiger partial charge on any atom is 0.239 e. The number of nitrogens with zero attached hydrogens (tertiary/aromatic N) is 1. The Morgan fingerprint density at radius 3 is 1.85 bits per heavy atom. The average Bonchev–Trinajstić information content (AvgIpc) is 2.83.